The summed E-state index contributed by atoms with van der Waals surface area (Å²) in [4.78, 5) is 11.2. The van der Waals surface area contributed by atoms with E-state index in [1.807, 2.05) is 25.1 Å². The van der Waals surface area contributed by atoms with E-state index < -0.39 is 5.91 Å². The van der Waals surface area contributed by atoms with Crippen molar-refractivity contribution >= 4 is 34.8 Å². The Bertz CT molecular complexity index is 644. The Morgan fingerprint density at radius 1 is 1.20 bits per heavy atom. The summed E-state index contributed by atoms with van der Waals surface area (Å²) in [5, 5.41) is 4.32. The fraction of sp³-hybridized carbons (Fsp3) is 0.133. The second kappa shape index (κ2) is 6.16. The van der Waals surface area contributed by atoms with Gasteiger partial charge < -0.3 is 11.1 Å². The molecule has 0 radical (unpaired) electrons. The van der Waals surface area contributed by atoms with E-state index in [0.29, 0.717) is 15.6 Å². The highest BCUT2D eigenvalue weighted by Gasteiger charge is 2.12. The number of amides is 1. The number of hydrogen-bond donors (Lipinski definition) is 2. The lowest BCUT2D eigenvalue weighted by atomic mass is 10.1. The quantitative estimate of drug-likeness (QED) is 0.886. The molecule has 0 aliphatic rings. The molecular weight excluding hydrogens is 295 g/mol. The molecule has 1 unspecified atom stereocenters. The third-order valence-corrected chi connectivity index (χ3v) is 3.81. The summed E-state index contributed by atoms with van der Waals surface area (Å²) in [5.41, 5.74) is 7.41. The molecule has 3 N–H and O–H groups in total. The molecule has 2 aromatic rings. The molecule has 2 aromatic carbocycles. The third-order valence-electron chi connectivity index (χ3n) is 2.98. The van der Waals surface area contributed by atoms with Crippen molar-refractivity contribution in [1.29, 1.82) is 0 Å². The van der Waals surface area contributed by atoms with Gasteiger partial charge >= 0.3 is 0 Å². The SMILES string of the molecule is CC(Nc1cccc(C(N)=O)c1)c1cccc(Cl)c1Cl. The fourth-order valence-electron chi connectivity index (χ4n) is 1.94. The van der Waals surface area contributed by atoms with E-state index in [1.165, 1.54) is 0 Å². The molecule has 0 saturated carbocycles. The number of nitrogens with two attached hydrogens (primary N) is 1. The summed E-state index contributed by atoms with van der Waals surface area (Å²) >= 11 is 12.2. The Labute approximate surface area is 127 Å². The van der Waals surface area contributed by atoms with Gasteiger partial charge in [0.1, 0.15) is 0 Å². The van der Waals surface area contributed by atoms with Crippen molar-refractivity contribution in [3.05, 3.63) is 63.6 Å². The molecule has 0 aliphatic carbocycles. The summed E-state index contributed by atoms with van der Waals surface area (Å²) in [6.45, 7) is 1.97. The highest BCUT2D eigenvalue weighted by atomic mass is 35.5. The van der Waals surface area contributed by atoms with Crippen LogP contribution in [0.4, 0.5) is 5.69 Å². The van der Waals surface area contributed by atoms with Gasteiger partial charge in [0.25, 0.3) is 0 Å². The average molecular weight is 309 g/mol. The van der Waals surface area contributed by atoms with Crippen LogP contribution in [0.1, 0.15) is 28.9 Å². The topological polar surface area (TPSA) is 55.1 Å². The third kappa shape index (κ3) is 3.24. The number of carbonyl (C=O) groups is 1. The van der Waals surface area contributed by atoms with Crippen molar-refractivity contribution in [3.63, 3.8) is 0 Å². The van der Waals surface area contributed by atoms with Crippen LogP contribution in [0.3, 0.4) is 0 Å². The molecule has 0 aliphatic heterocycles. The van der Waals surface area contributed by atoms with Gasteiger partial charge in [-0.15, -0.1) is 0 Å². The first-order valence-electron chi connectivity index (χ1n) is 6.09. The van der Waals surface area contributed by atoms with Gasteiger partial charge in [-0.1, -0.05) is 41.4 Å². The summed E-state index contributed by atoms with van der Waals surface area (Å²) in [6, 6.07) is 12.5. The molecule has 20 heavy (non-hydrogen) atoms. The second-order valence-corrected chi connectivity index (χ2v) is 5.24. The summed E-state index contributed by atoms with van der Waals surface area (Å²) in [7, 11) is 0. The largest absolute Gasteiger partial charge is 0.378 e. The lowest BCUT2D eigenvalue weighted by molar-refractivity contribution is 0.100. The molecule has 3 nitrogen and oxygen atoms in total. The highest BCUT2D eigenvalue weighted by molar-refractivity contribution is 6.42. The number of nitrogens with one attached hydrogen (secondary N) is 1. The minimum absolute atomic E-state index is 0.0515. The molecule has 0 bridgehead atoms. The molecule has 0 fully saturated rings. The van der Waals surface area contributed by atoms with Crippen molar-refractivity contribution in [2.24, 2.45) is 5.73 Å². The summed E-state index contributed by atoms with van der Waals surface area (Å²) in [6.07, 6.45) is 0. The van der Waals surface area contributed by atoms with E-state index in [2.05, 4.69) is 5.32 Å². The van der Waals surface area contributed by atoms with Crippen LogP contribution >= 0.6 is 23.2 Å². The number of primary amides is 1. The van der Waals surface area contributed by atoms with Crippen molar-refractivity contribution < 1.29 is 4.79 Å². The molecular formula is C15H14Cl2N2O. The number of anilines is 1. The molecule has 0 spiro atoms. The summed E-state index contributed by atoms with van der Waals surface area (Å²) in [5.74, 6) is -0.456. The van der Waals surface area contributed by atoms with Crippen LogP contribution in [0.2, 0.25) is 10.0 Å². The van der Waals surface area contributed by atoms with Crippen LogP contribution in [0.5, 0.6) is 0 Å². The van der Waals surface area contributed by atoms with Crippen LogP contribution in [0, 0.1) is 0 Å². The van der Waals surface area contributed by atoms with Gasteiger partial charge in [-0.3, -0.25) is 4.79 Å². The molecule has 5 heteroatoms. The predicted octanol–water partition coefficient (Wildman–Crippen LogP) is 4.27. The molecule has 1 amide bonds. The molecule has 0 heterocycles. The monoisotopic (exact) mass is 308 g/mol. The standard InChI is InChI=1S/C15H14Cl2N2O/c1-9(12-6-3-7-13(16)14(12)17)19-11-5-2-4-10(8-11)15(18)20/h2-9,19H,1H3,(H2,18,20). The zero-order valence-corrected chi connectivity index (χ0v) is 12.4. The van der Waals surface area contributed by atoms with Crippen molar-refractivity contribution in [3.8, 4) is 0 Å². The van der Waals surface area contributed by atoms with E-state index in [1.54, 1.807) is 24.3 Å². The molecule has 104 valence electrons. The van der Waals surface area contributed by atoms with Crippen molar-refractivity contribution in [2.75, 3.05) is 5.32 Å². The minimum atomic E-state index is -0.456. The van der Waals surface area contributed by atoms with E-state index in [-0.39, 0.29) is 6.04 Å². The maximum atomic E-state index is 11.2. The first-order valence-corrected chi connectivity index (χ1v) is 6.85. The van der Waals surface area contributed by atoms with Crippen LogP contribution in [-0.4, -0.2) is 5.91 Å². The normalized spacial score (nSPS) is 11.9. The maximum Gasteiger partial charge on any atom is 0.248 e. The maximum absolute atomic E-state index is 11.2. The Kier molecular flexibility index (Phi) is 4.53. The Morgan fingerprint density at radius 3 is 2.60 bits per heavy atom. The lowest BCUT2D eigenvalue weighted by Crippen LogP contribution is -2.12. The second-order valence-electron chi connectivity index (χ2n) is 4.45. The minimum Gasteiger partial charge on any atom is -0.378 e. The lowest BCUT2D eigenvalue weighted by Gasteiger charge is -2.18. The average Bonchev–Trinajstić information content (AvgIpc) is 2.42. The Morgan fingerprint density at radius 2 is 1.90 bits per heavy atom. The van der Waals surface area contributed by atoms with Crippen molar-refractivity contribution in [1.82, 2.24) is 0 Å². The Balaban J connectivity index is 2.23. The van der Waals surface area contributed by atoms with E-state index >= 15 is 0 Å². The number of benzene rings is 2. The smallest absolute Gasteiger partial charge is 0.248 e. The molecule has 0 saturated heterocycles. The highest BCUT2D eigenvalue weighted by Crippen LogP contribution is 2.31. The van der Waals surface area contributed by atoms with E-state index in [9.17, 15) is 4.79 Å². The van der Waals surface area contributed by atoms with E-state index in [4.69, 9.17) is 28.9 Å². The van der Waals surface area contributed by atoms with Crippen molar-refractivity contribution in [2.45, 2.75) is 13.0 Å². The number of carbonyl (C=O) groups excluding carboxylic acids is 1. The van der Waals surface area contributed by atoms with Gasteiger partial charge in [0.05, 0.1) is 16.1 Å². The fourth-order valence-corrected chi connectivity index (χ4v) is 2.42. The predicted molar refractivity (Wildman–Crippen MR) is 83.5 cm³/mol. The Hall–Kier alpha value is -1.71. The van der Waals surface area contributed by atoms with Gasteiger partial charge in [-0.2, -0.15) is 0 Å². The molecule has 0 aromatic heterocycles. The van der Waals surface area contributed by atoms with Gasteiger partial charge in [0.2, 0.25) is 5.91 Å². The van der Waals surface area contributed by atoms with Crippen LogP contribution < -0.4 is 11.1 Å². The zero-order chi connectivity index (χ0) is 14.7. The number of hydrogen-bond acceptors (Lipinski definition) is 2. The van der Waals surface area contributed by atoms with Gasteiger partial charge in [0.15, 0.2) is 0 Å². The number of halogens is 2. The first kappa shape index (κ1) is 14.7. The van der Waals surface area contributed by atoms with Gasteiger partial charge in [0, 0.05) is 11.3 Å². The van der Waals surface area contributed by atoms with E-state index in [0.717, 1.165) is 11.3 Å². The summed E-state index contributed by atoms with van der Waals surface area (Å²) < 4.78 is 0. The van der Waals surface area contributed by atoms with Crippen LogP contribution in [0.25, 0.3) is 0 Å². The zero-order valence-electron chi connectivity index (χ0n) is 10.9. The number of rotatable bonds is 4. The molecule has 1 atom stereocenters. The van der Waals surface area contributed by atoms with Crippen LogP contribution in [0.15, 0.2) is 42.5 Å². The first-order chi connectivity index (χ1) is 9.49. The van der Waals surface area contributed by atoms with Gasteiger partial charge in [-0.05, 0) is 36.8 Å². The van der Waals surface area contributed by atoms with Crippen LogP contribution in [-0.2, 0) is 0 Å². The van der Waals surface area contributed by atoms with Gasteiger partial charge in [-0.25, -0.2) is 0 Å². The molecule has 2 rings (SSSR count).